The zero-order valence-electron chi connectivity index (χ0n) is 14.3. The summed E-state index contributed by atoms with van der Waals surface area (Å²) in [4.78, 5) is 36.9. The van der Waals surface area contributed by atoms with Gasteiger partial charge in [0.2, 0.25) is 0 Å². The van der Waals surface area contributed by atoms with Gasteiger partial charge in [0.1, 0.15) is 0 Å². The lowest BCUT2D eigenvalue weighted by atomic mass is 10.1. The summed E-state index contributed by atoms with van der Waals surface area (Å²) in [6, 6.07) is 9.93. The van der Waals surface area contributed by atoms with Gasteiger partial charge in [-0.1, -0.05) is 11.6 Å². The number of nitro benzene ring substituents is 1. The van der Waals surface area contributed by atoms with E-state index in [0.29, 0.717) is 29.4 Å². The van der Waals surface area contributed by atoms with Crippen LogP contribution in [-0.4, -0.2) is 47.8 Å². The highest BCUT2D eigenvalue weighted by Gasteiger charge is 2.19. The van der Waals surface area contributed by atoms with E-state index in [-0.39, 0.29) is 17.2 Å². The molecule has 1 aliphatic heterocycles. The van der Waals surface area contributed by atoms with E-state index in [1.54, 1.807) is 17.0 Å². The van der Waals surface area contributed by atoms with E-state index in [2.05, 4.69) is 10.6 Å². The number of amides is 2. The Kier molecular flexibility index (Phi) is 5.68. The molecule has 0 unspecified atom stereocenters. The Bertz CT molecular complexity index is 879. The van der Waals surface area contributed by atoms with Crippen LogP contribution in [0.5, 0.6) is 0 Å². The minimum absolute atomic E-state index is 0.104. The maximum Gasteiger partial charge on any atom is 0.269 e. The number of carbonyl (C=O) groups is 2. The highest BCUT2D eigenvalue weighted by Crippen LogP contribution is 2.25. The summed E-state index contributed by atoms with van der Waals surface area (Å²) in [6.45, 7) is 2.71. The predicted octanol–water partition coefficient (Wildman–Crippen LogP) is 2.55. The Morgan fingerprint density at radius 3 is 2.33 bits per heavy atom. The smallest absolute Gasteiger partial charge is 0.269 e. The molecule has 2 aromatic rings. The molecule has 2 N–H and O–H groups in total. The standard InChI is InChI=1S/C18H17ClN4O4/c19-15-6-3-13(18(25)22-9-7-20-8-10-22)11-16(15)21-17(24)12-1-4-14(5-2-12)23(26)27/h1-6,11,20H,7-10H2,(H,21,24). The van der Waals surface area contributed by atoms with Crippen molar-refractivity contribution >= 4 is 34.8 Å². The second-order valence-corrected chi connectivity index (χ2v) is 6.40. The molecule has 0 radical (unpaired) electrons. The molecular weight excluding hydrogens is 372 g/mol. The molecule has 0 spiro atoms. The number of hydrogen-bond donors (Lipinski definition) is 2. The molecule has 2 aromatic carbocycles. The first-order valence-electron chi connectivity index (χ1n) is 8.31. The fourth-order valence-corrected chi connectivity index (χ4v) is 2.90. The number of piperazine rings is 1. The van der Waals surface area contributed by atoms with Crippen molar-refractivity contribution in [3.05, 3.63) is 68.7 Å². The highest BCUT2D eigenvalue weighted by molar-refractivity contribution is 6.34. The van der Waals surface area contributed by atoms with Crippen molar-refractivity contribution in [3.63, 3.8) is 0 Å². The summed E-state index contributed by atoms with van der Waals surface area (Å²) in [6.07, 6.45) is 0. The third-order valence-corrected chi connectivity index (χ3v) is 4.54. The molecule has 0 aromatic heterocycles. The average Bonchev–Trinajstić information content (AvgIpc) is 2.69. The number of halogens is 1. The molecule has 27 heavy (non-hydrogen) atoms. The van der Waals surface area contributed by atoms with Crippen LogP contribution in [0.15, 0.2) is 42.5 Å². The molecule has 0 saturated carbocycles. The fraction of sp³-hybridized carbons (Fsp3) is 0.222. The number of benzene rings is 2. The number of non-ortho nitro benzene ring substituents is 1. The van der Waals surface area contributed by atoms with Gasteiger partial charge in [-0.2, -0.15) is 0 Å². The number of hydrogen-bond acceptors (Lipinski definition) is 5. The van der Waals surface area contributed by atoms with Gasteiger partial charge < -0.3 is 15.5 Å². The van der Waals surface area contributed by atoms with Crippen LogP contribution in [0.4, 0.5) is 11.4 Å². The van der Waals surface area contributed by atoms with Gasteiger partial charge in [-0.05, 0) is 30.3 Å². The highest BCUT2D eigenvalue weighted by atomic mass is 35.5. The lowest BCUT2D eigenvalue weighted by Crippen LogP contribution is -2.46. The van der Waals surface area contributed by atoms with Crippen molar-refractivity contribution in [2.75, 3.05) is 31.5 Å². The minimum Gasteiger partial charge on any atom is -0.336 e. The maximum atomic E-state index is 12.6. The maximum absolute atomic E-state index is 12.6. The molecule has 2 amide bonds. The van der Waals surface area contributed by atoms with Gasteiger partial charge in [0.15, 0.2) is 0 Å². The van der Waals surface area contributed by atoms with Crippen LogP contribution < -0.4 is 10.6 Å². The van der Waals surface area contributed by atoms with Crippen LogP contribution in [0, 0.1) is 10.1 Å². The van der Waals surface area contributed by atoms with Crippen molar-refractivity contribution in [1.82, 2.24) is 10.2 Å². The Morgan fingerprint density at radius 1 is 1.07 bits per heavy atom. The lowest BCUT2D eigenvalue weighted by molar-refractivity contribution is -0.384. The minimum atomic E-state index is -0.538. The van der Waals surface area contributed by atoms with Gasteiger partial charge in [-0.3, -0.25) is 19.7 Å². The van der Waals surface area contributed by atoms with E-state index in [0.717, 1.165) is 13.1 Å². The zero-order chi connectivity index (χ0) is 19.4. The lowest BCUT2D eigenvalue weighted by Gasteiger charge is -2.27. The normalized spacial score (nSPS) is 13.9. The van der Waals surface area contributed by atoms with E-state index in [1.165, 1.54) is 30.3 Å². The SMILES string of the molecule is O=C(Nc1cc(C(=O)N2CCNCC2)ccc1Cl)c1ccc([N+](=O)[O-])cc1. The molecule has 1 fully saturated rings. The summed E-state index contributed by atoms with van der Waals surface area (Å²) in [5, 5.41) is 16.8. The third-order valence-electron chi connectivity index (χ3n) is 4.21. The number of nitrogens with one attached hydrogen (secondary N) is 2. The Labute approximate surface area is 160 Å². The van der Waals surface area contributed by atoms with Crippen LogP contribution >= 0.6 is 11.6 Å². The van der Waals surface area contributed by atoms with Crippen LogP contribution in [-0.2, 0) is 0 Å². The third kappa shape index (κ3) is 4.42. The monoisotopic (exact) mass is 388 g/mol. The van der Waals surface area contributed by atoms with Crippen LogP contribution in [0.3, 0.4) is 0 Å². The van der Waals surface area contributed by atoms with Gasteiger partial charge in [0.25, 0.3) is 17.5 Å². The summed E-state index contributed by atoms with van der Waals surface area (Å²) in [5.74, 6) is -0.599. The van der Waals surface area contributed by atoms with Gasteiger partial charge in [-0.15, -0.1) is 0 Å². The van der Waals surface area contributed by atoms with E-state index >= 15 is 0 Å². The molecule has 1 heterocycles. The fourth-order valence-electron chi connectivity index (χ4n) is 2.73. The number of carbonyl (C=O) groups excluding carboxylic acids is 2. The molecule has 0 atom stereocenters. The Balaban J connectivity index is 1.76. The summed E-state index contributed by atoms with van der Waals surface area (Å²) >= 11 is 6.15. The first-order valence-corrected chi connectivity index (χ1v) is 8.69. The summed E-state index contributed by atoms with van der Waals surface area (Å²) in [5.41, 5.74) is 0.880. The molecule has 0 bridgehead atoms. The van der Waals surface area contributed by atoms with Crippen molar-refractivity contribution in [3.8, 4) is 0 Å². The summed E-state index contributed by atoms with van der Waals surface area (Å²) < 4.78 is 0. The van der Waals surface area contributed by atoms with Gasteiger partial charge in [0, 0.05) is 49.4 Å². The van der Waals surface area contributed by atoms with Gasteiger partial charge in [0.05, 0.1) is 15.6 Å². The quantitative estimate of drug-likeness (QED) is 0.618. The first-order chi connectivity index (χ1) is 13.0. The van der Waals surface area contributed by atoms with E-state index in [1.807, 2.05) is 0 Å². The van der Waals surface area contributed by atoms with Crippen molar-refractivity contribution < 1.29 is 14.5 Å². The van der Waals surface area contributed by atoms with Crippen molar-refractivity contribution in [2.24, 2.45) is 0 Å². The molecule has 0 aliphatic carbocycles. The van der Waals surface area contributed by atoms with Gasteiger partial charge >= 0.3 is 0 Å². The van der Waals surface area contributed by atoms with Crippen LogP contribution in [0.25, 0.3) is 0 Å². The number of nitro groups is 1. The second kappa shape index (κ2) is 8.15. The molecule has 1 saturated heterocycles. The zero-order valence-corrected chi connectivity index (χ0v) is 15.0. The predicted molar refractivity (Wildman–Crippen MR) is 101 cm³/mol. The van der Waals surface area contributed by atoms with Crippen molar-refractivity contribution in [1.29, 1.82) is 0 Å². The number of nitrogens with zero attached hydrogens (tertiary/aromatic N) is 2. The summed E-state index contributed by atoms with van der Waals surface area (Å²) in [7, 11) is 0. The molecule has 1 aliphatic rings. The van der Waals surface area contributed by atoms with E-state index in [9.17, 15) is 19.7 Å². The molecular formula is C18H17ClN4O4. The number of rotatable bonds is 4. The van der Waals surface area contributed by atoms with E-state index < -0.39 is 10.8 Å². The average molecular weight is 389 g/mol. The van der Waals surface area contributed by atoms with Gasteiger partial charge in [-0.25, -0.2) is 0 Å². The van der Waals surface area contributed by atoms with E-state index in [4.69, 9.17) is 11.6 Å². The molecule has 8 nitrogen and oxygen atoms in total. The van der Waals surface area contributed by atoms with Crippen molar-refractivity contribution in [2.45, 2.75) is 0 Å². The molecule has 140 valence electrons. The number of anilines is 1. The Morgan fingerprint density at radius 2 is 1.70 bits per heavy atom. The first kappa shape index (κ1) is 18.8. The second-order valence-electron chi connectivity index (χ2n) is 5.99. The topological polar surface area (TPSA) is 105 Å². The Hall–Kier alpha value is -2.97. The largest absolute Gasteiger partial charge is 0.336 e. The molecule has 9 heteroatoms. The van der Waals surface area contributed by atoms with Crippen LogP contribution in [0.2, 0.25) is 5.02 Å². The van der Waals surface area contributed by atoms with Crippen LogP contribution in [0.1, 0.15) is 20.7 Å². The molecule has 3 rings (SSSR count).